The van der Waals surface area contributed by atoms with Crippen LogP contribution in [0, 0.1) is 6.07 Å². The van der Waals surface area contributed by atoms with Crippen molar-refractivity contribution in [3.63, 3.8) is 0 Å². The zero-order valence-electron chi connectivity index (χ0n) is 9.46. The van der Waals surface area contributed by atoms with Crippen molar-refractivity contribution in [3.05, 3.63) is 54.5 Å². The fraction of sp³-hybridized carbons (Fsp3) is 0.231. The molecule has 0 spiro atoms. The molecular weight excluding hydrogens is 198 g/mol. The molecular formula is C13H14N3. The number of hydrogen-bond acceptors (Lipinski definition) is 3. The van der Waals surface area contributed by atoms with E-state index in [0.29, 0.717) is 0 Å². The molecule has 0 aliphatic rings. The van der Waals surface area contributed by atoms with Crippen LogP contribution >= 0.6 is 0 Å². The highest BCUT2D eigenvalue weighted by Gasteiger charge is 2.12. The molecule has 2 rings (SSSR count). The van der Waals surface area contributed by atoms with Gasteiger partial charge in [0.05, 0.1) is 6.04 Å². The Morgan fingerprint density at radius 1 is 1.25 bits per heavy atom. The molecule has 0 aliphatic heterocycles. The number of nitrogens with zero attached hydrogens (tertiary/aromatic N) is 3. The summed E-state index contributed by atoms with van der Waals surface area (Å²) < 4.78 is 0. The Bertz CT molecular complexity index is 384. The molecule has 0 fully saturated rings. The van der Waals surface area contributed by atoms with Gasteiger partial charge >= 0.3 is 0 Å². The zero-order chi connectivity index (χ0) is 11.4. The lowest BCUT2D eigenvalue weighted by atomic mass is 10.1. The summed E-state index contributed by atoms with van der Waals surface area (Å²) >= 11 is 0. The topological polar surface area (TPSA) is 29.0 Å². The summed E-state index contributed by atoms with van der Waals surface area (Å²) in [5.74, 6) is 0.947. The van der Waals surface area contributed by atoms with Gasteiger partial charge in [-0.15, -0.1) is 0 Å². The van der Waals surface area contributed by atoms with E-state index in [4.69, 9.17) is 0 Å². The molecule has 2 aromatic rings. The molecule has 2 heterocycles. The maximum Gasteiger partial charge on any atom is 0.128 e. The maximum absolute atomic E-state index is 4.28. The van der Waals surface area contributed by atoms with Crippen LogP contribution in [-0.2, 0) is 0 Å². The van der Waals surface area contributed by atoms with Gasteiger partial charge < -0.3 is 4.90 Å². The van der Waals surface area contributed by atoms with Crippen LogP contribution in [0.25, 0.3) is 0 Å². The van der Waals surface area contributed by atoms with Crippen molar-refractivity contribution < 1.29 is 0 Å². The highest BCUT2D eigenvalue weighted by Crippen LogP contribution is 2.22. The van der Waals surface area contributed by atoms with Gasteiger partial charge in [0.1, 0.15) is 5.82 Å². The average molecular weight is 212 g/mol. The van der Waals surface area contributed by atoms with Crippen LogP contribution in [0.15, 0.2) is 42.9 Å². The second kappa shape index (κ2) is 4.75. The van der Waals surface area contributed by atoms with Crippen molar-refractivity contribution in [1.29, 1.82) is 0 Å². The van der Waals surface area contributed by atoms with Gasteiger partial charge in [-0.1, -0.05) is 0 Å². The Morgan fingerprint density at radius 3 is 2.62 bits per heavy atom. The van der Waals surface area contributed by atoms with E-state index in [9.17, 15) is 0 Å². The van der Waals surface area contributed by atoms with Gasteiger partial charge in [-0.3, -0.25) is 4.98 Å². The largest absolute Gasteiger partial charge is 0.353 e. The van der Waals surface area contributed by atoms with E-state index in [2.05, 4.69) is 27.9 Å². The molecule has 0 aliphatic carbocycles. The Hall–Kier alpha value is -1.90. The summed E-state index contributed by atoms with van der Waals surface area (Å²) in [5, 5.41) is 0. The van der Waals surface area contributed by atoms with E-state index in [1.165, 1.54) is 5.56 Å². The zero-order valence-corrected chi connectivity index (χ0v) is 9.46. The summed E-state index contributed by atoms with van der Waals surface area (Å²) in [4.78, 5) is 10.4. The number of anilines is 1. The minimum atomic E-state index is 0.276. The van der Waals surface area contributed by atoms with Crippen molar-refractivity contribution in [2.75, 3.05) is 11.9 Å². The van der Waals surface area contributed by atoms with E-state index in [1.54, 1.807) is 6.20 Å². The third-order valence-corrected chi connectivity index (χ3v) is 2.73. The van der Waals surface area contributed by atoms with Crippen LogP contribution < -0.4 is 4.90 Å². The van der Waals surface area contributed by atoms with Crippen LogP contribution in [-0.4, -0.2) is 17.0 Å². The summed E-state index contributed by atoms with van der Waals surface area (Å²) in [7, 11) is 2.04. The molecule has 3 nitrogen and oxygen atoms in total. The van der Waals surface area contributed by atoms with Crippen LogP contribution in [0.3, 0.4) is 0 Å². The number of rotatable bonds is 3. The molecule has 1 radical (unpaired) electrons. The lowest BCUT2D eigenvalue weighted by Crippen LogP contribution is -2.22. The van der Waals surface area contributed by atoms with Crippen molar-refractivity contribution in [2.45, 2.75) is 13.0 Å². The predicted octanol–water partition coefficient (Wildman–Crippen LogP) is 2.47. The molecule has 2 aromatic heterocycles. The monoisotopic (exact) mass is 212 g/mol. The van der Waals surface area contributed by atoms with E-state index in [1.807, 2.05) is 43.7 Å². The minimum Gasteiger partial charge on any atom is -0.353 e. The van der Waals surface area contributed by atoms with Gasteiger partial charge in [0.25, 0.3) is 0 Å². The SMILES string of the molecule is CC(c1ccncc1)N(C)c1cc[c]cn1. The van der Waals surface area contributed by atoms with Gasteiger partial charge in [-0.05, 0) is 36.8 Å². The first-order chi connectivity index (χ1) is 7.79. The summed E-state index contributed by atoms with van der Waals surface area (Å²) in [6, 6.07) is 11.1. The quantitative estimate of drug-likeness (QED) is 0.782. The third-order valence-electron chi connectivity index (χ3n) is 2.73. The Balaban J connectivity index is 2.20. The molecule has 3 heteroatoms. The van der Waals surface area contributed by atoms with Gasteiger partial charge in [-0.25, -0.2) is 4.98 Å². The normalized spacial score (nSPS) is 12.1. The lowest BCUT2D eigenvalue weighted by molar-refractivity contribution is 0.727. The number of hydrogen-bond donors (Lipinski definition) is 0. The van der Waals surface area contributed by atoms with Crippen molar-refractivity contribution in [2.24, 2.45) is 0 Å². The van der Waals surface area contributed by atoms with Crippen LogP contribution in [0.4, 0.5) is 5.82 Å². The summed E-state index contributed by atoms with van der Waals surface area (Å²) in [5.41, 5.74) is 1.23. The van der Waals surface area contributed by atoms with Gasteiger partial charge in [0.2, 0.25) is 0 Å². The molecule has 0 saturated heterocycles. The number of pyridine rings is 2. The van der Waals surface area contributed by atoms with Crippen molar-refractivity contribution >= 4 is 5.82 Å². The second-order valence-corrected chi connectivity index (χ2v) is 3.68. The Labute approximate surface area is 95.8 Å². The highest BCUT2D eigenvalue weighted by atomic mass is 15.2. The van der Waals surface area contributed by atoms with Gasteiger partial charge in [0, 0.05) is 31.7 Å². The van der Waals surface area contributed by atoms with E-state index in [0.717, 1.165) is 5.82 Å². The molecule has 1 unspecified atom stereocenters. The molecule has 1 atom stereocenters. The minimum absolute atomic E-state index is 0.276. The molecule has 0 aromatic carbocycles. The second-order valence-electron chi connectivity index (χ2n) is 3.68. The first-order valence-corrected chi connectivity index (χ1v) is 5.24. The first-order valence-electron chi connectivity index (χ1n) is 5.24. The predicted molar refractivity (Wildman–Crippen MR) is 64.1 cm³/mol. The van der Waals surface area contributed by atoms with Crippen LogP contribution in [0.2, 0.25) is 0 Å². The first kappa shape index (κ1) is 10.6. The summed E-state index contributed by atoms with van der Waals surface area (Å²) in [6.45, 7) is 2.15. The van der Waals surface area contributed by atoms with Crippen molar-refractivity contribution in [1.82, 2.24) is 9.97 Å². The molecule has 16 heavy (non-hydrogen) atoms. The molecule has 0 bridgehead atoms. The average Bonchev–Trinajstić information content (AvgIpc) is 2.39. The van der Waals surface area contributed by atoms with Crippen LogP contribution in [0.1, 0.15) is 18.5 Å². The summed E-state index contributed by atoms with van der Waals surface area (Å²) in [6.07, 6.45) is 5.31. The smallest absolute Gasteiger partial charge is 0.128 e. The van der Waals surface area contributed by atoms with Crippen LogP contribution in [0.5, 0.6) is 0 Å². The Kier molecular flexibility index (Phi) is 3.15. The fourth-order valence-electron chi connectivity index (χ4n) is 1.58. The molecule has 81 valence electrons. The Morgan fingerprint density at radius 2 is 2.00 bits per heavy atom. The van der Waals surface area contributed by atoms with E-state index >= 15 is 0 Å². The molecule has 0 saturated carbocycles. The lowest BCUT2D eigenvalue weighted by Gasteiger charge is -2.26. The molecule has 0 N–H and O–H groups in total. The van der Waals surface area contributed by atoms with Gasteiger partial charge in [0.15, 0.2) is 0 Å². The maximum atomic E-state index is 4.28. The fourth-order valence-corrected chi connectivity index (χ4v) is 1.58. The highest BCUT2D eigenvalue weighted by molar-refractivity contribution is 5.40. The molecule has 0 amide bonds. The standard InChI is InChI=1S/C13H14N3/c1-11(12-6-9-14-10-7-12)16(2)13-5-3-4-8-15-13/h3,5-11H,1-2H3. The number of aromatic nitrogens is 2. The van der Waals surface area contributed by atoms with Crippen molar-refractivity contribution in [3.8, 4) is 0 Å². The van der Waals surface area contributed by atoms with E-state index < -0.39 is 0 Å². The third kappa shape index (κ3) is 2.19. The van der Waals surface area contributed by atoms with Gasteiger partial charge in [-0.2, -0.15) is 0 Å². The van der Waals surface area contributed by atoms with E-state index in [-0.39, 0.29) is 6.04 Å².